The number of nitrogens with one attached hydrogen (secondary N) is 1. The Morgan fingerprint density at radius 1 is 1.46 bits per heavy atom. The predicted octanol–water partition coefficient (Wildman–Crippen LogP) is 4.94. The summed E-state index contributed by atoms with van der Waals surface area (Å²) in [4.78, 5) is 10.4. The van der Waals surface area contributed by atoms with Crippen LogP contribution in [-0.4, -0.2) is 23.1 Å². The van der Waals surface area contributed by atoms with E-state index in [9.17, 15) is 0 Å². The van der Waals surface area contributed by atoms with E-state index < -0.39 is 0 Å². The Balaban J connectivity index is 1.65. The third-order valence-electron chi connectivity index (χ3n) is 3.94. The highest BCUT2D eigenvalue weighted by atomic mass is 32.2. The second-order valence-electron chi connectivity index (χ2n) is 5.72. The number of nitrogens with zero attached hydrogens (tertiary/aromatic N) is 2. The van der Waals surface area contributed by atoms with Gasteiger partial charge < -0.3 is 14.5 Å². The first-order chi connectivity index (χ1) is 12.8. The van der Waals surface area contributed by atoms with E-state index in [0.29, 0.717) is 11.8 Å². The fourth-order valence-corrected chi connectivity index (χ4v) is 4.49. The van der Waals surface area contributed by atoms with Crippen molar-refractivity contribution in [3.8, 4) is 16.5 Å². The molecule has 4 rings (SSSR count). The lowest BCUT2D eigenvalue weighted by Crippen LogP contribution is -2.24. The summed E-state index contributed by atoms with van der Waals surface area (Å²) < 4.78 is 11.2. The lowest BCUT2D eigenvalue weighted by atomic mass is 10.0. The zero-order valence-corrected chi connectivity index (χ0v) is 16.0. The number of rotatable bonds is 6. The van der Waals surface area contributed by atoms with Crippen LogP contribution < -0.4 is 10.1 Å². The van der Waals surface area contributed by atoms with Gasteiger partial charge in [-0.2, -0.15) is 0 Å². The van der Waals surface area contributed by atoms with Gasteiger partial charge in [0.1, 0.15) is 5.69 Å². The summed E-state index contributed by atoms with van der Waals surface area (Å²) in [5, 5.41) is 7.16. The highest BCUT2D eigenvalue weighted by Crippen LogP contribution is 2.35. The van der Waals surface area contributed by atoms with Crippen LogP contribution in [0.5, 0.6) is 5.06 Å². The van der Waals surface area contributed by atoms with Crippen molar-refractivity contribution in [1.82, 2.24) is 15.3 Å². The smallest absolute Gasteiger partial charge is 0.193 e. The van der Waals surface area contributed by atoms with Gasteiger partial charge in [-0.05, 0) is 43.8 Å². The maximum absolute atomic E-state index is 5.62. The van der Waals surface area contributed by atoms with Crippen molar-refractivity contribution in [2.24, 2.45) is 0 Å². The van der Waals surface area contributed by atoms with Crippen molar-refractivity contribution in [3.63, 3.8) is 0 Å². The Kier molecular flexibility index (Phi) is 5.38. The summed E-state index contributed by atoms with van der Waals surface area (Å²) >= 11 is 3.11. The maximum atomic E-state index is 5.62. The fourth-order valence-electron chi connectivity index (χ4n) is 2.78. The third-order valence-corrected chi connectivity index (χ3v) is 5.78. The molecule has 1 aliphatic rings. The van der Waals surface area contributed by atoms with Crippen LogP contribution in [0.15, 0.2) is 62.7 Å². The Morgan fingerprint density at radius 3 is 3.19 bits per heavy atom. The Morgan fingerprint density at radius 2 is 2.42 bits per heavy atom. The average Bonchev–Trinajstić information content (AvgIpc) is 3.35. The first-order valence-electron chi connectivity index (χ1n) is 8.53. The van der Waals surface area contributed by atoms with Crippen LogP contribution in [0.1, 0.15) is 24.9 Å². The van der Waals surface area contributed by atoms with Gasteiger partial charge in [-0.15, -0.1) is 11.3 Å². The molecule has 0 saturated heterocycles. The van der Waals surface area contributed by atoms with Crippen molar-refractivity contribution in [2.45, 2.75) is 29.4 Å². The molecule has 0 saturated carbocycles. The number of hydrogen-bond acceptors (Lipinski definition) is 7. The summed E-state index contributed by atoms with van der Waals surface area (Å²) in [6, 6.07) is 5.94. The summed E-state index contributed by atoms with van der Waals surface area (Å²) in [5.41, 5.74) is 1.86. The molecule has 0 fully saturated rings. The molecule has 1 N–H and O–H groups in total. The summed E-state index contributed by atoms with van der Waals surface area (Å²) in [6.45, 7) is 3.60. The monoisotopic (exact) mass is 385 g/mol. The van der Waals surface area contributed by atoms with E-state index in [1.54, 1.807) is 17.6 Å². The molecule has 1 atom stereocenters. The van der Waals surface area contributed by atoms with Crippen molar-refractivity contribution in [1.29, 1.82) is 0 Å². The van der Waals surface area contributed by atoms with Gasteiger partial charge in [-0.1, -0.05) is 12.2 Å². The number of hydrogen-bond donors (Lipinski definition) is 1. The highest BCUT2D eigenvalue weighted by Gasteiger charge is 2.20. The largest absolute Gasteiger partial charge is 0.484 e. The van der Waals surface area contributed by atoms with Crippen LogP contribution >= 0.6 is 23.1 Å². The van der Waals surface area contributed by atoms with Crippen molar-refractivity contribution >= 4 is 23.1 Å². The topological polar surface area (TPSA) is 60.2 Å². The molecule has 7 heteroatoms. The van der Waals surface area contributed by atoms with Crippen molar-refractivity contribution in [3.05, 3.63) is 53.8 Å². The number of furan rings is 1. The molecule has 5 nitrogen and oxygen atoms in total. The first-order valence-corrected chi connectivity index (χ1v) is 10.2. The van der Waals surface area contributed by atoms with Crippen LogP contribution in [0.3, 0.4) is 0 Å². The van der Waals surface area contributed by atoms with Gasteiger partial charge in [0.05, 0.1) is 18.9 Å². The molecule has 3 aromatic heterocycles. The number of aromatic nitrogens is 2. The van der Waals surface area contributed by atoms with Gasteiger partial charge in [-0.25, -0.2) is 9.97 Å². The molecule has 3 aromatic rings. The molecule has 0 aromatic carbocycles. The predicted molar refractivity (Wildman–Crippen MR) is 104 cm³/mol. The van der Waals surface area contributed by atoms with Crippen molar-refractivity contribution < 1.29 is 9.15 Å². The van der Waals surface area contributed by atoms with E-state index in [0.717, 1.165) is 39.9 Å². The molecular formula is C19H19N3O2S2. The molecule has 0 bridgehead atoms. The normalized spacial score (nSPS) is 16.7. The van der Waals surface area contributed by atoms with Gasteiger partial charge in [-0.3, -0.25) is 0 Å². The lowest BCUT2D eigenvalue weighted by molar-refractivity contribution is 0.350. The van der Waals surface area contributed by atoms with Crippen LogP contribution in [0, 0.1) is 0 Å². The van der Waals surface area contributed by atoms with Crippen LogP contribution in [0.2, 0.25) is 0 Å². The molecule has 0 aliphatic carbocycles. The quantitative estimate of drug-likeness (QED) is 0.479. The van der Waals surface area contributed by atoms with Gasteiger partial charge >= 0.3 is 0 Å². The Bertz CT molecular complexity index is 890. The van der Waals surface area contributed by atoms with Crippen molar-refractivity contribution in [2.75, 3.05) is 13.2 Å². The van der Waals surface area contributed by atoms with E-state index in [2.05, 4.69) is 27.8 Å². The van der Waals surface area contributed by atoms with Crippen LogP contribution in [0.25, 0.3) is 11.5 Å². The minimum absolute atomic E-state index is 0.105. The van der Waals surface area contributed by atoms with E-state index in [1.807, 2.05) is 31.3 Å². The summed E-state index contributed by atoms with van der Waals surface area (Å²) in [7, 11) is 0. The van der Waals surface area contributed by atoms with Gasteiger partial charge in [0, 0.05) is 28.1 Å². The third kappa shape index (κ3) is 3.85. The molecule has 26 heavy (non-hydrogen) atoms. The lowest BCUT2D eigenvalue weighted by Gasteiger charge is -2.20. The summed E-state index contributed by atoms with van der Waals surface area (Å²) in [5.74, 6) is 0.755. The van der Waals surface area contributed by atoms with Gasteiger partial charge in [0.25, 0.3) is 0 Å². The molecule has 0 spiro atoms. The van der Waals surface area contributed by atoms with E-state index in [-0.39, 0.29) is 6.04 Å². The molecule has 0 amide bonds. The molecular weight excluding hydrogens is 366 g/mol. The zero-order valence-electron chi connectivity index (χ0n) is 14.3. The number of thiophene rings is 1. The van der Waals surface area contributed by atoms with Gasteiger partial charge in [0.15, 0.2) is 16.0 Å². The van der Waals surface area contributed by atoms with E-state index >= 15 is 0 Å². The minimum Gasteiger partial charge on any atom is -0.484 e. The SMILES string of the molecule is CCOc1cc(Sc2ncc(C3C=CCCN3)c(-c3ccco3)n2)cs1. The molecule has 0 radical (unpaired) electrons. The molecule has 4 heterocycles. The fraction of sp³-hybridized carbons (Fsp3) is 0.263. The Hall–Kier alpha value is -2.09. The van der Waals surface area contributed by atoms with E-state index in [4.69, 9.17) is 14.1 Å². The maximum Gasteiger partial charge on any atom is 0.193 e. The zero-order chi connectivity index (χ0) is 17.8. The van der Waals surface area contributed by atoms with Crippen LogP contribution in [0.4, 0.5) is 0 Å². The standard InChI is InChI=1S/C19H19N3O2S2/c1-2-23-17-10-13(12-25-17)26-19-21-11-14(15-6-3-4-8-20-15)18(22-19)16-7-5-9-24-16/h3,5-7,9-12,15,20H,2,4,8H2,1H3. The molecule has 134 valence electrons. The first kappa shape index (κ1) is 17.3. The highest BCUT2D eigenvalue weighted by molar-refractivity contribution is 7.99. The minimum atomic E-state index is 0.105. The Labute approximate surface area is 160 Å². The molecule has 1 unspecified atom stereocenters. The second-order valence-corrected chi connectivity index (χ2v) is 7.63. The second kappa shape index (κ2) is 8.07. The summed E-state index contributed by atoms with van der Waals surface area (Å²) in [6.07, 6.45) is 8.97. The number of ether oxygens (including phenoxy) is 1. The van der Waals surface area contributed by atoms with Gasteiger partial charge in [0.2, 0.25) is 0 Å². The molecule has 1 aliphatic heterocycles. The average molecular weight is 386 g/mol. The van der Waals surface area contributed by atoms with Crippen LogP contribution in [-0.2, 0) is 0 Å². The van der Waals surface area contributed by atoms with E-state index in [1.165, 1.54) is 11.8 Å².